The number of amides is 3. The molecule has 3 amide bonds. The third kappa shape index (κ3) is 3.99. The average Bonchev–Trinajstić information content (AvgIpc) is 3.43. The van der Waals surface area contributed by atoms with E-state index in [0.29, 0.717) is 51.1 Å². The quantitative estimate of drug-likeness (QED) is 0.682. The Morgan fingerprint density at radius 3 is 2.66 bits per heavy atom. The SMILES string of the molecule is CC(C)(C)OC(=O)N1CCN(c2ccc3c(n2)CN(C2CCC(=O)NC4OC42)C3=O)CC1. The molecule has 0 aliphatic carbocycles. The number of nitrogens with zero attached hydrogens (tertiary/aromatic N) is 4. The molecule has 3 saturated heterocycles. The van der Waals surface area contributed by atoms with E-state index >= 15 is 0 Å². The molecular weight excluding hydrogens is 414 g/mol. The number of carbonyl (C=O) groups is 3. The number of epoxide rings is 1. The van der Waals surface area contributed by atoms with Gasteiger partial charge in [-0.2, -0.15) is 0 Å². The second-order valence-corrected chi connectivity index (χ2v) is 9.75. The highest BCUT2D eigenvalue weighted by Crippen LogP contribution is 2.36. The number of nitrogens with one attached hydrogen (secondary N) is 1. The van der Waals surface area contributed by atoms with Crippen LogP contribution in [-0.4, -0.2) is 82.8 Å². The molecule has 10 heteroatoms. The summed E-state index contributed by atoms with van der Waals surface area (Å²) < 4.78 is 11.0. The number of pyridine rings is 1. The van der Waals surface area contributed by atoms with Gasteiger partial charge in [-0.05, 0) is 39.3 Å². The highest BCUT2D eigenvalue weighted by molar-refractivity contribution is 5.98. The fourth-order valence-corrected chi connectivity index (χ4v) is 4.62. The Balaban J connectivity index is 1.24. The van der Waals surface area contributed by atoms with Gasteiger partial charge in [-0.3, -0.25) is 9.59 Å². The van der Waals surface area contributed by atoms with Crippen molar-refractivity contribution in [2.75, 3.05) is 31.1 Å². The van der Waals surface area contributed by atoms with Crippen molar-refractivity contribution in [2.24, 2.45) is 0 Å². The van der Waals surface area contributed by atoms with E-state index in [1.54, 1.807) is 9.80 Å². The largest absolute Gasteiger partial charge is 0.444 e. The van der Waals surface area contributed by atoms with Crippen LogP contribution in [0.5, 0.6) is 0 Å². The molecule has 0 saturated carbocycles. The molecule has 10 nitrogen and oxygen atoms in total. The van der Waals surface area contributed by atoms with Gasteiger partial charge in [0.15, 0.2) is 6.23 Å². The molecule has 5 heterocycles. The molecule has 172 valence electrons. The third-order valence-corrected chi connectivity index (χ3v) is 6.30. The predicted molar refractivity (Wildman–Crippen MR) is 114 cm³/mol. The molecule has 0 bridgehead atoms. The van der Waals surface area contributed by atoms with E-state index in [2.05, 4.69) is 10.2 Å². The molecule has 3 atom stereocenters. The van der Waals surface area contributed by atoms with Crippen molar-refractivity contribution in [1.29, 1.82) is 0 Å². The molecule has 1 N–H and O–H groups in total. The number of ether oxygens (including phenoxy) is 2. The first kappa shape index (κ1) is 21.0. The van der Waals surface area contributed by atoms with E-state index in [0.717, 1.165) is 11.5 Å². The highest BCUT2D eigenvalue weighted by atomic mass is 16.6. The maximum Gasteiger partial charge on any atom is 0.410 e. The summed E-state index contributed by atoms with van der Waals surface area (Å²) in [6, 6.07) is 3.59. The molecule has 1 aromatic heterocycles. The summed E-state index contributed by atoms with van der Waals surface area (Å²) in [6.45, 7) is 8.42. The first-order chi connectivity index (χ1) is 15.2. The zero-order valence-electron chi connectivity index (χ0n) is 18.7. The van der Waals surface area contributed by atoms with Crippen LogP contribution in [-0.2, 0) is 20.8 Å². The maximum absolute atomic E-state index is 13.0. The Morgan fingerprint density at radius 2 is 1.94 bits per heavy atom. The van der Waals surface area contributed by atoms with E-state index in [1.807, 2.05) is 32.9 Å². The van der Waals surface area contributed by atoms with Crippen molar-refractivity contribution in [3.8, 4) is 0 Å². The van der Waals surface area contributed by atoms with Gasteiger partial charge in [-0.1, -0.05) is 0 Å². The second-order valence-electron chi connectivity index (χ2n) is 9.75. The van der Waals surface area contributed by atoms with E-state index in [-0.39, 0.29) is 36.3 Å². The van der Waals surface area contributed by atoms with E-state index in [9.17, 15) is 14.4 Å². The number of anilines is 1. The predicted octanol–water partition coefficient (Wildman–Crippen LogP) is 1.10. The first-order valence-corrected chi connectivity index (χ1v) is 11.2. The van der Waals surface area contributed by atoms with Gasteiger partial charge in [0.25, 0.3) is 5.91 Å². The van der Waals surface area contributed by atoms with E-state index < -0.39 is 5.60 Å². The summed E-state index contributed by atoms with van der Waals surface area (Å²) in [5.41, 5.74) is 0.852. The number of hydrogen-bond acceptors (Lipinski definition) is 7. The van der Waals surface area contributed by atoms with Crippen LogP contribution in [0.2, 0.25) is 0 Å². The Kier molecular flexibility index (Phi) is 4.99. The standard InChI is InChI=1S/C22H29N5O5/c1-22(2,3)32-21(30)26-10-8-25(9-11-26)16-6-4-13-14(23-16)12-27(20(13)29)15-5-7-17(28)24-19-18(15)31-19/h4,6,15,18-19H,5,7-12H2,1-3H3,(H,24,28). The number of piperazine rings is 1. The Labute approximate surface area is 186 Å². The van der Waals surface area contributed by atoms with Crippen LogP contribution in [0.1, 0.15) is 49.7 Å². The molecule has 32 heavy (non-hydrogen) atoms. The third-order valence-electron chi connectivity index (χ3n) is 6.30. The van der Waals surface area contributed by atoms with Crippen LogP contribution in [0.4, 0.5) is 10.6 Å². The monoisotopic (exact) mass is 443 g/mol. The van der Waals surface area contributed by atoms with Crippen LogP contribution in [0.25, 0.3) is 0 Å². The molecule has 0 spiro atoms. The number of fused-ring (bicyclic) bond motifs is 2. The van der Waals surface area contributed by atoms with Crippen molar-refractivity contribution >= 4 is 23.7 Å². The smallest absolute Gasteiger partial charge is 0.410 e. The maximum atomic E-state index is 13.0. The number of carbonyl (C=O) groups excluding carboxylic acids is 3. The molecule has 3 fully saturated rings. The van der Waals surface area contributed by atoms with Crippen LogP contribution in [0.3, 0.4) is 0 Å². The van der Waals surface area contributed by atoms with Gasteiger partial charge in [-0.25, -0.2) is 9.78 Å². The lowest BCUT2D eigenvalue weighted by Gasteiger charge is -2.36. The Hall–Kier alpha value is -2.88. The van der Waals surface area contributed by atoms with Gasteiger partial charge < -0.3 is 29.5 Å². The summed E-state index contributed by atoms with van der Waals surface area (Å²) in [5.74, 6) is 0.720. The second kappa shape index (κ2) is 7.61. The van der Waals surface area contributed by atoms with Crippen molar-refractivity contribution in [3.63, 3.8) is 0 Å². The highest BCUT2D eigenvalue weighted by Gasteiger charge is 2.52. The number of rotatable bonds is 2. The van der Waals surface area contributed by atoms with Crippen molar-refractivity contribution in [3.05, 3.63) is 23.4 Å². The fraction of sp³-hybridized carbons (Fsp3) is 0.636. The minimum atomic E-state index is -0.513. The molecule has 0 radical (unpaired) electrons. The summed E-state index contributed by atoms with van der Waals surface area (Å²) >= 11 is 0. The van der Waals surface area contributed by atoms with Crippen molar-refractivity contribution in [1.82, 2.24) is 20.1 Å². The lowest BCUT2D eigenvalue weighted by molar-refractivity contribution is -0.121. The summed E-state index contributed by atoms with van der Waals surface area (Å²) in [7, 11) is 0. The molecule has 4 aliphatic heterocycles. The molecule has 3 unspecified atom stereocenters. The van der Waals surface area contributed by atoms with E-state index in [4.69, 9.17) is 14.5 Å². The summed E-state index contributed by atoms with van der Waals surface area (Å²) in [5, 5.41) is 2.82. The topological polar surface area (TPSA) is 108 Å². The fourth-order valence-electron chi connectivity index (χ4n) is 4.62. The van der Waals surface area contributed by atoms with Crippen LogP contribution < -0.4 is 10.2 Å². The van der Waals surface area contributed by atoms with Crippen molar-refractivity contribution in [2.45, 2.75) is 64.1 Å². The van der Waals surface area contributed by atoms with Crippen molar-refractivity contribution < 1.29 is 23.9 Å². The first-order valence-electron chi connectivity index (χ1n) is 11.2. The number of hydrogen-bond donors (Lipinski definition) is 1. The lowest BCUT2D eigenvalue weighted by Crippen LogP contribution is -2.50. The summed E-state index contributed by atoms with van der Waals surface area (Å²) in [4.78, 5) is 47.5. The lowest BCUT2D eigenvalue weighted by atomic mass is 10.1. The molecular formula is C22H29N5O5. The molecule has 1 aromatic rings. The molecule has 0 aromatic carbocycles. The molecule has 5 rings (SSSR count). The number of aromatic nitrogens is 1. The van der Waals surface area contributed by atoms with Gasteiger partial charge in [0.2, 0.25) is 5.91 Å². The van der Waals surface area contributed by atoms with Gasteiger partial charge >= 0.3 is 6.09 Å². The minimum Gasteiger partial charge on any atom is -0.444 e. The van der Waals surface area contributed by atoms with Crippen LogP contribution in [0.15, 0.2) is 12.1 Å². The van der Waals surface area contributed by atoms with Gasteiger partial charge in [0.05, 0.1) is 23.8 Å². The van der Waals surface area contributed by atoms with Gasteiger partial charge in [-0.15, -0.1) is 0 Å². The molecule has 4 aliphatic rings. The van der Waals surface area contributed by atoms with Crippen LogP contribution in [0, 0.1) is 0 Å². The zero-order valence-corrected chi connectivity index (χ0v) is 18.7. The van der Waals surface area contributed by atoms with Gasteiger partial charge in [0.1, 0.15) is 17.5 Å². The zero-order chi connectivity index (χ0) is 22.6. The van der Waals surface area contributed by atoms with Crippen LogP contribution >= 0.6 is 0 Å². The Bertz CT molecular complexity index is 953. The average molecular weight is 444 g/mol. The summed E-state index contributed by atoms with van der Waals surface area (Å²) in [6.07, 6.45) is 0.266. The van der Waals surface area contributed by atoms with E-state index in [1.165, 1.54) is 0 Å². The normalized spacial score (nSPS) is 27.5. The minimum absolute atomic E-state index is 0.0323. The Morgan fingerprint density at radius 1 is 1.19 bits per heavy atom. The van der Waals surface area contributed by atoms with Gasteiger partial charge in [0, 0.05) is 32.6 Å².